The minimum Gasteiger partial charge on any atom is -0.324 e. The molecule has 12 nitrogen and oxygen atoms in total. The summed E-state index contributed by atoms with van der Waals surface area (Å²) in [5.41, 5.74) is 3.08. The van der Waals surface area contributed by atoms with Gasteiger partial charge in [0.15, 0.2) is 0 Å². The number of piperazine rings is 1. The van der Waals surface area contributed by atoms with Gasteiger partial charge in [0.25, 0.3) is 0 Å². The lowest BCUT2D eigenvalue weighted by molar-refractivity contribution is -0.143. The standard InChI is InChI=1S/C27H22ClN9O3/c28-19-6-7-22(37-17-29-32-33-37)23(13-19)34-15-26(39)35(16-25(34)38)24(12-18-4-2-1-3-5-18)27(40)31-20-9-11-36-21(14-20)8-10-30-36/h1-11,13-14,17,24H,12,15-16H2,(H,31,40). The van der Waals surface area contributed by atoms with Gasteiger partial charge in [-0.15, -0.1) is 5.10 Å². The van der Waals surface area contributed by atoms with Gasteiger partial charge in [0.1, 0.15) is 25.5 Å². The molecule has 1 saturated heterocycles. The number of fused-ring (bicyclic) bond motifs is 1. The molecule has 200 valence electrons. The largest absolute Gasteiger partial charge is 0.324 e. The van der Waals surface area contributed by atoms with Crippen molar-refractivity contribution in [3.8, 4) is 5.69 Å². The third kappa shape index (κ3) is 4.99. The molecule has 1 N–H and O–H groups in total. The van der Waals surface area contributed by atoms with Gasteiger partial charge in [-0.1, -0.05) is 41.9 Å². The van der Waals surface area contributed by atoms with Crippen molar-refractivity contribution in [2.75, 3.05) is 23.3 Å². The van der Waals surface area contributed by atoms with Crippen LogP contribution in [-0.4, -0.2) is 71.6 Å². The lowest BCUT2D eigenvalue weighted by Crippen LogP contribution is -2.60. The summed E-state index contributed by atoms with van der Waals surface area (Å²) in [7, 11) is 0. The van der Waals surface area contributed by atoms with Gasteiger partial charge in [-0.05, 0) is 52.4 Å². The molecule has 1 fully saturated rings. The van der Waals surface area contributed by atoms with E-state index in [1.165, 1.54) is 20.8 Å². The Morgan fingerprint density at radius 2 is 1.82 bits per heavy atom. The van der Waals surface area contributed by atoms with Crippen LogP contribution in [0.3, 0.4) is 0 Å². The molecule has 1 atom stereocenters. The maximum atomic E-state index is 13.7. The molecule has 1 aliphatic rings. The van der Waals surface area contributed by atoms with Crippen LogP contribution < -0.4 is 10.2 Å². The summed E-state index contributed by atoms with van der Waals surface area (Å²) in [5, 5.41) is 18.7. The number of hydrogen-bond donors (Lipinski definition) is 1. The number of nitrogens with zero attached hydrogens (tertiary/aromatic N) is 8. The first-order chi connectivity index (χ1) is 19.5. The minimum absolute atomic E-state index is 0.230. The zero-order valence-corrected chi connectivity index (χ0v) is 21.7. The quantitative estimate of drug-likeness (QED) is 0.326. The van der Waals surface area contributed by atoms with Crippen LogP contribution >= 0.6 is 11.6 Å². The van der Waals surface area contributed by atoms with Crippen LogP contribution in [0, 0.1) is 0 Å². The van der Waals surface area contributed by atoms with Gasteiger partial charge in [-0.3, -0.25) is 19.3 Å². The number of carbonyl (C=O) groups is 3. The summed E-state index contributed by atoms with van der Waals surface area (Å²) < 4.78 is 3.07. The highest BCUT2D eigenvalue weighted by Gasteiger charge is 2.39. The highest BCUT2D eigenvalue weighted by molar-refractivity contribution is 6.31. The van der Waals surface area contributed by atoms with E-state index in [9.17, 15) is 14.4 Å². The maximum absolute atomic E-state index is 13.7. The predicted molar refractivity (Wildman–Crippen MR) is 146 cm³/mol. The van der Waals surface area contributed by atoms with E-state index in [2.05, 4.69) is 25.9 Å². The van der Waals surface area contributed by atoms with E-state index in [0.717, 1.165) is 11.1 Å². The second kappa shape index (κ2) is 10.6. The summed E-state index contributed by atoms with van der Waals surface area (Å²) >= 11 is 6.25. The van der Waals surface area contributed by atoms with E-state index < -0.39 is 11.9 Å². The zero-order chi connectivity index (χ0) is 27.6. The monoisotopic (exact) mass is 555 g/mol. The van der Waals surface area contributed by atoms with E-state index >= 15 is 0 Å². The molecular formula is C27H22ClN9O3. The number of aromatic nitrogens is 6. The van der Waals surface area contributed by atoms with Gasteiger partial charge < -0.3 is 10.2 Å². The van der Waals surface area contributed by atoms with Gasteiger partial charge in [0.2, 0.25) is 17.7 Å². The summed E-state index contributed by atoms with van der Waals surface area (Å²) in [6, 6.07) is 18.7. The number of tetrazole rings is 1. The fraction of sp³-hybridized carbons (Fsp3) is 0.148. The van der Waals surface area contributed by atoms with E-state index in [0.29, 0.717) is 22.1 Å². The number of pyridine rings is 1. The van der Waals surface area contributed by atoms with Crippen molar-refractivity contribution < 1.29 is 14.4 Å². The number of rotatable bonds is 7. The zero-order valence-electron chi connectivity index (χ0n) is 21.0. The van der Waals surface area contributed by atoms with Crippen LogP contribution in [0.25, 0.3) is 11.2 Å². The Kier molecular flexibility index (Phi) is 6.66. The lowest BCUT2D eigenvalue weighted by atomic mass is 10.0. The van der Waals surface area contributed by atoms with Gasteiger partial charge in [0.05, 0.1) is 16.9 Å². The first-order valence-corrected chi connectivity index (χ1v) is 12.7. The Balaban J connectivity index is 1.29. The predicted octanol–water partition coefficient (Wildman–Crippen LogP) is 2.39. The van der Waals surface area contributed by atoms with Crippen molar-refractivity contribution in [3.63, 3.8) is 0 Å². The Bertz CT molecular complexity index is 1710. The maximum Gasteiger partial charge on any atom is 0.247 e. The van der Waals surface area contributed by atoms with Gasteiger partial charge in [-0.25, -0.2) is 4.52 Å². The Morgan fingerprint density at radius 3 is 2.62 bits per heavy atom. The second-order valence-electron chi connectivity index (χ2n) is 9.20. The number of anilines is 2. The number of hydrogen-bond acceptors (Lipinski definition) is 7. The van der Waals surface area contributed by atoms with Crippen LogP contribution in [-0.2, 0) is 20.8 Å². The summed E-state index contributed by atoms with van der Waals surface area (Å²) in [6.07, 6.45) is 5.01. The molecule has 0 saturated carbocycles. The summed E-state index contributed by atoms with van der Waals surface area (Å²) in [6.45, 7) is -0.582. The molecule has 1 aliphatic heterocycles. The molecule has 6 rings (SSSR count). The van der Waals surface area contributed by atoms with Crippen molar-refractivity contribution in [1.29, 1.82) is 0 Å². The number of carbonyl (C=O) groups excluding carboxylic acids is 3. The van der Waals surface area contributed by atoms with Gasteiger partial charge >= 0.3 is 0 Å². The van der Waals surface area contributed by atoms with Crippen LogP contribution in [0.2, 0.25) is 5.02 Å². The molecule has 0 bridgehead atoms. The fourth-order valence-corrected chi connectivity index (χ4v) is 4.89. The Morgan fingerprint density at radius 1 is 0.975 bits per heavy atom. The molecule has 3 aromatic heterocycles. The molecule has 1 unspecified atom stereocenters. The fourth-order valence-electron chi connectivity index (χ4n) is 4.72. The van der Waals surface area contributed by atoms with Gasteiger partial charge in [-0.2, -0.15) is 9.78 Å². The number of nitrogens with one attached hydrogen (secondary N) is 1. The van der Waals surface area contributed by atoms with E-state index in [-0.39, 0.29) is 31.3 Å². The van der Waals surface area contributed by atoms with Crippen molar-refractivity contribution in [1.82, 2.24) is 34.7 Å². The molecule has 13 heteroatoms. The highest BCUT2D eigenvalue weighted by Crippen LogP contribution is 2.30. The van der Waals surface area contributed by atoms with Crippen LogP contribution in [0.15, 0.2) is 85.5 Å². The van der Waals surface area contributed by atoms with Crippen molar-refractivity contribution in [2.24, 2.45) is 0 Å². The molecular weight excluding hydrogens is 534 g/mol. The molecule has 0 radical (unpaired) electrons. The van der Waals surface area contributed by atoms with E-state index in [1.54, 1.807) is 47.2 Å². The highest BCUT2D eigenvalue weighted by atomic mass is 35.5. The number of halogens is 1. The first kappa shape index (κ1) is 25.2. The van der Waals surface area contributed by atoms with Crippen molar-refractivity contribution >= 4 is 46.2 Å². The third-order valence-electron chi connectivity index (χ3n) is 6.66. The van der Waals surface area contributed by atoms with Crippen LogP contribution in [0.1, 0.15) is 5.56 Å². The summed E-state index contributed by atoms with van der Waals surface area (Å²) in [5.74, 6) is -1.16. The summed E-state index contributed by atoms with van der Waals surface area (Å²) in [4.78, 5) is 43.4. The minimum atomic E-state index is -0.930. The first-order valence-electron chi connectivity index (χ1n) is 12.4. The van der Waals surface area contributed by atoms with Crippen molar-refractivity contribution in [3.05, 3.63) is 96.0 Å². The Labute approximate surface area is 232 Å². The molecule has 40 heavy (non-hydrogen) atoms. The average molecular weight is 556 g/mol. The molecule has 0 aliphatic carbocycles. The van der Waals surface area contributed by atoms with Crippen LogP contribution in [0.4, 0.5) is 11.4 Å². The number of benzene rings is 2. The molecule has 0 spiro atoms. The molecule has 5 aromatic rings. The molecule has 3 amide bonds. The van der Waals surface area contributed by atoms with E-state index in [4.69, 9.17) is 11.6 Å². The second-order valence-corrected chi connectivity index (χ2v) is 9.64. The topological polar surface area (TPSA) is 131 Å². The molecule has 4 heterocycles. The normalized spacial score (nSPS) is 14.5. The van der Waals surface area contributed by atoms with E-state index in [1.807, 2.05) is 36.4 Å². The van der Waals surface area contributed by atoms with Crippen LogP contribution in [0.5, 0.6) is 0 Å². The smallest absolute Gasteiger partial charge is 0.247 e. The third-order valence-corrected chi connectivity index (χ3v) is 6.90. The van der Waals surface area contributed by atoms with Crippen molar-refractivity contribution in [2.45, 2.75) is 12.5 Å². The SMILES string of the molecule is O=C(Nc1ccn2nccc2c1)C(Cc1ccccc1)N1CC(=O)N(c2cc(Cl)ccc2-n2cnnn2)CC1=O. The van der Waals surface area contributed by atoms with Gasteiger partial charge in [0, 0.05) is 29.5 Å². The average Bonchev–Trinajstić information content (AvgIpc) is 3.66. The lowest BCUT2D eigenvalue weighted by Gasteiger charge is -2.38. The molecule has 2 aromatic carbocycles. The Hall–Kier alpha value is -5.10. The number of amides is 3.